The van der Waals surface area contributed by atoms with Crippen molar-refractivity contribution in [2.75, 3.05) is 0 Å². The first-order chi connectivity index (χ1) is 37.7. The van der Waals surface area contributed by atoms with E-state index < -0.39 is 5.41 Å². The van der Waals surface area contributed by atoms with Crippen LogP contribution in [0.25, 0.3) is 132 Å². The topological polar surface area (TPSA) is 65.0 Å². The van der Waals surface area contributed by atoms with Crippen LogP contribution in [-0.2, 0) is 5.41 Å². The quantitative estimate of drug-likeness (QED) is 0.159. The molecule has 0 atom stereocenters. The Kier molecular flexibility index (Phi) is 9.35. The van der Waals surface area contributed by atoms with Gasteiger partial charge in [0.15, 0.2) is 17.5 Å². The normalized spacial score (nSPS) is 12.8. The van der Waals surface area contributed by atoms with Gasteiger partial charge in [0.25, 0.3) is 0 Å². The van der Waals surface area contributed by atoms with Gasteiger partial charge in [-0.25, -0.2) is 15.0 Å². The summed E-state index contributed by atoms with van der Waals surface area (Å²) in [6.07, 6.45) is 0. The number of fused-ring (bicyclic) bond motifs is 12. The highest BCUT2D eigenvalue weighted by Crippen LogP contribution is 2.58. The van der Waals surface area contributed by atoms with Crippen LogP contribution in [0.15, 0.2) is 258 Å². The van der Waals surface area contributed by atoms with E-state index in [-0.39, 0.29) is 0 Å². The van der Waals surface area contributed by atoms with Crippen LogP contribution in [0.5, 0.6) is 0 Å². The molecule has 354 valence electrons. The average Bonchev–Trinajstić information content (AvgIpc) is 4.39. The number of hydrogen-bond donors (Lipinski definition) is 0. The second-order valence-electron chi connectivity index (χ2n) is 19.7. The monoisotopic (exact) mass is 987 g/mol. The van der Waals surface area contributed by atoms with Crippen molar-refractivity contribution in [3.8, 4) is 67.5 Å². The Labute approximate surface area is 440 Å². The number of furan rings is 2. The Hall–Kier alpha value is -9.75. The van der Waals surface area contributed by atoms with E-state index >= 15 is 0 Å². The van der Waals surface area contributed by atoms with Gasteiger partial charge in [-0.2, -0.15) is 0 Å². The maximum atomic E-state index is 6.67. The number of hydrogen-bond acceptors (Lipinski definition) is 6. The molecule has 0 fully saturated rings. The maximum Gasteiger partial charge on any atom is 0.164 e. The Bertz CT molecular complexity index is 4650. The number of nitrogens with zero attached hydrogens (tertiary/aromatic N) is 3. The van der Waals surface area contributed by atoms with E-state index in [1.165, 1.54) is 53.7 Å². The van der Waals surface area contributed by atoms with Crippen molar-refractivity contribution in [3.63, 3.8) is 0 Å². The van der Waals surface area contributed by atoms with Crippen molar-refractivity contribution in [3.05, 3.63) is 271 Å². The summed E-state index contributed by atoms with van der Waals surface area (Å²) in [4.78, 5) is 16.2. The third-order valence-electron chi connectivity index (χ3n) is 15.7. The van der Waals surface area contributed by atoms with Crippen molar-refractivity contribution in [1.29, 1.82) is 0 Å². The van der Waals surface area contributed by atoms with E-state index in [0.29, 0.717) is 17.5 Å². The molecule has 0 N–H and O–H groups in total. The predicted octanol–water partition coefficient (Wildman–Crippen LogP) is 18.7. The van der Waals surface area contributed by atoms with Crippen LogP contribution in [0.1, 0.15) is 22.3 Å². The second kappa shape index (κ2) is 16.6. The van der Waals surface area contributed by atoms with Gasteiger partial charge >= 0.3 is 0 Å². The lowest BCUT2D eigenvalue weighted by Crippen LogP contribution is -2.28. The van der Waals surface area contributed by atoms with Gasteiger partial charge in [0.05, 0.1) is 5.41 Å². The molecule has 76 heavy (non-hydrogen) atoms. The molecule has 0 saturated carbocycles. The SMILES string of the molecule is c1ccc(C2(c3ccccc3)c3ccccc3-c3c(-c4ccc(-c5ccc6oc7cccc(-c8nc(-c9cccc%10oc%11ccccc%11c9%10)nc(-c9cccc%10sc%11ccccc%11c9%10)n8)c7c6c5)cc4)cccc32)cc1. The highest BCUT2D eigenvalue weighted by atomic mass is 32.1. The van der Waals surface area contributed by atoms with Gasteiger partial charge in [0.1, 0.15) is 22.3 Å². The summed E-state index contributed by atoms with van der Waals surface area (Å²) in [5, 5.41) is 6.23. The van der Waals surface area contributed by atoms with E-state index in [0.717, 1.165) is 82.6 Å². The fraction of sp³-hybridized carbons (Fsp3) is 0.0143. The molecule has 0 bridgehead atoms. The molecule has 0 unspecified atom stereocenters. The lowest BCUT2D eigenvalue weighted by Gasteiger charge is -2.34. The Morgan fingerprint density at radius 3 is 1.49 bits per heavy atom. The molecule has 16 rings (SSSR count). The van der Waals surface area contributed by atoms with Crippen LogP contribution < -0.4 is 0 Å². The van der Waals surface area contributed by atoms with Crippen molar-refractivity contribution < 1.29 is 8.83 Å². The van der Waals surface area contributed by atoms with Crippen LogP contribution in [0, 0.1) is 0 Å². The Balaban J connectivity index is 0.848. The predicted molar refractivity (Wildman–Crippen MR) is 312 cm³/mol. The minimum atomic E-state index is -0.466. The third-order valence-corrected chi connectivity index (χ3v) is 16.8. The van der Waals surface area contributed by atoms with Gasteiger partial charge in [-0.1, -0.05) is 206 Å². The summed E-state index contributed by atoms with van der Waals surface area (Å²) >= 11 is 1.78. The molecule has 4 aromatic heterocycles. The van der Waals surface area contributed by atoms with Gasteiger partial charge < -0.3 is 8.83 Å². The summed E-state index contributed by atoms with van der Waals surface area (Å²) < 4.78 is 15.5. The molecule has 15 aromatic rings. The first-order valence-corrected chi connectivity index (χ1v) is 26.5. The van der Waals surface area contributed by atoms with Crippen molar-refractivity contribution >= 4 is 75.4 Å². The van der Waals surface area contributed by atoms with Crippen LogP contribution in [0.4, 0.5) is 0 Å². The summed E-state index contributed by atoms with van der Waals surface area (Å²) in [7, 11) is 0. The molecule has 11 aromatic carbocycles. The maximum absolute atomic E-state index is 6.67. The van der Waals surface area contributed by atoms with Crippen LogP contribution in [0.3, 0.4) is 0 Å². The largest absolute Gasteiger partial charge is 0.456 e. The van der Waals surface area contributed by atoms with E-state index in [1.807, 2.05) is 42.5 Å². The number of aromatic nitrogens is 3. The molecule has 1 aliphatic carbocycles. The van der Waals surface area contributed by atoms with Crippen LogP contribution >= 0.6 is 11.3 Å². The number of benzene rings is 11. The van der Waals surface area contributed by atoms with Crippen molar-refractivity contribution in [1.82, 2.24) is 15.0 Å². The number of thiophene rings is 1. The van der Waals surface area contributed by atoms with Gasteiger partial charge in [0, 0.05) is 58.4 Å². The summed E-state index contributed by atoms with van der Waals surface area (Å²) in [6.45, 7) is 0. The molecule has 5 nitrogen and oxygen atoms in total. The molecule has 4 heterocycles. The van der Waals surface area contributed by atoms with E-state index in [9.17, 15) is 0 Å². The van der Waals surface area contributed by atoms with E-state index in [1.54, 1.807) is 11.3 Å². The molecule has 1 aliphatic rings. The number of para-hydroxylation sites is 1. The molecule has 0 amide bonds. The zero-order valence-electron chi connectivity index (χ0n) is 40.7. The Morgan fingerprint density at radius 2 is 0.776 bits per heavy atom. The standard InChI is InChI=1S/C70H41N3O2S/c1-3-17-45(18-4-1)70(46-19-5-2-6-20-46)55-28-10-7-21-48(55)63-47(24-13-29-56(63)70)43-37-35-42(36-38-43)44-39-40-58-54(41-44)65-52(26-15-32-60(65)75-58)68-71-67(51-25-14-31-59-64(51)49-22-8-11-30-57(49)74-59)72-69(73-68)53-27-16-34-62-66(53)50-23-9-12-33-61(50)76-62/h1-41H. The first kappa shape index (κ1) is 42.7. The fourth-order valence-electron chi connectivity index (χ4n) is 12.4. The van der Waals surface area contributed by atoms with Gasteiger partial charge in [0.2, 0.25) is 0 Å². The molecular formula is C70H41N3O2S. The zero-order chi connectivity index (χ0) is 49.9. The first-order valence-electron chi connectivity index (χ1n) is 25.7. The average molecular weight is 988 g/mol. The van der Waals surface area contributed by atoms with Crippen molar-refractivity contribution in [2.24, 2.45) is 0 Å². The van der Waals surface area contributed by atoms with Gasteiger partial charge in [-0.15, -0.1) is 11.3 Å². The summed E-state index contributed by atoms with van der Waals surface area (Å²) in [5.41, 5.74) is 17.6. The molecular weight excluding hydrogens is 947 g/mol. The molecule has 0 saturated heterocycles. The van der Waals surface area contributed by atoms with Gasteiger partial charge in [-0.3, -0.25) is 0 Å². The van der Waals surface area contributed by atoms with Crippen molar-refractivity contribution in [2.45, 2.75) is 5.41 Å². The summed E-state index contributed by atoms with van der Waals surface area (Å²) in [5.74, 6) is 1.73. The smallest absolute Gasteiger partial charge is 0.164 e. The van der Waals surface area contributed by atoms with E-state index in [4.69, 9.17) is 23.8 Å². The van der Waals surface area contributed by atoms with Gasteiger partial charge in [-0.05, 0) is 98.1 Å². The lowest BCUT2D eigenvalue weighted by molar-refractivity contribution is 0.668. The second-order valence-corrected chi connectivity index (χ2v) is 20.8. The third kappa shape index (κ3) is 6.28. The molecule has 0 aliphatic heterocycles. The highest BCUT2D eigenvalue weighted by Gasteiger charge is 2.46. The van der Waals surface area contributed by atoms with E-state index in [2.05, 4.69) is 206 Å². The zero-order valence-corrected chi connectivity index (χ0v) is 41.6. The molecule has 0 spiro atoms. The van der Waals surface area contributed by atoms with Crippen LogP contribution in [0.2, 0.25) is 0 Å². The lowest BCUT2D eigenvalue weighted by atomic mass is 9.67. The number of rotatable bonds is 7. The molecule has 6 heteroatoms. The summed E-state index contributed by atoms with van der Waals surface area (Å²) in [6, 6.07) is 88.8. The Morgan fingerprint density at radius 1 is 0.303 bits per heavy atom. The minimum absolute atomic E-state index is 0.466. The van der Waals surface area contributed by atoms with Crippen LogP contribution in [-0.4, -0.2) is 15.0 Å². The highest BCUT2D eigenvalue weighted by molar-refractivity contribution is 7.25. The fourth-order valence-corrected chi connectivity index (χ4v) is 13.6. The molecule has 0 radical (unpaired) electrons. The minimum Gasteiger partial charge on any atom is -0.456 e.